The van der Waals surface area contributed by atoms with E-state index in [1.807, 2.05) is 59.2 Å². The summed E-state index contributed by atoms with van der Waals surface area (Å²) in [5.41, 5.74) is 7.65. The predicted molar refractivity (Wildman–Crippen MR) is 79.7 cm³/mol. The summed E-state index contributed by atoms with van der Waals surface area (Å²) in [6, 6.07) is 17.4. The van der Waals surface area contributed by atoms with E-state index in [0.29, 0.717) is 17.4 Å². The first-order valence-corrected chi connectivity index (χ1v) is 6.63. The lowest BCUT2D eigenvalue weighted by Gasteiger charge is -2.09. The second kappa shape index (κ2) is 5.45. The largest absolute Gasteiger partial charge is 0.324 e. The van der Waals surface area contributed by atoms with E-state index < -0.39 is 0 Å². The maximum absolute atomic E-state index is 6.05. The van der Waals surface area contributed by atoms with E-state index in [9.17, 15) is 0 Å². The SMILES string of the molecule is NCc1nnc(-c2cccc(Cl)c2)n1-c1ccccc1. The van der Waals surface area contributed by atoms with Crippen molar-refractivity contribution in [3.63, 3.8) is 0 Å². The van der Waals surface area contributed by atoms with Gasteiger partial charge in [-0.1, -0.05) is 41.9 Å². The van der Waals surface area contributed by atoms with Crippen LogP contribution in [0.1, 0.15) is 5.82 Å². The number of para-hydroxylation sites is 1. The molecule has 0 atom stereocenters. The van der Waals surface area contributed by atoms with Crippen LogP contribution in [0, 0.1) is 0 Å². The Labute approximate surface area is 121 Å². The number of halogens is 1. The molecule has 0 fully saturated rings. The molecule has 1 aromatic heterocycles. The standard InChI is InChI=1S/C15H13ClN4/c16-12-6-4-5-11(9-12)15-19-18-14(10-17)20(15)13-7-2-1-3-8-13/h1-9H,10,17H2. The van der Waals surface area contributed by atoms with Crippen molar-refractivity contribution in [3.05, 3.63) is 65.4 Å². The van der Waals surface area contributed by atoms with Crippen molar-refractivity contribution in [3.8, 4) is 17.1 Å². The minimum absolute atomic E-state index is 0.322. The summed E-state index contributed by atoms with van der Waals surface area (Å²) in [7, 11) is 0. The third-order valence-corrected chi connectivity index (χ3v) is 3.24. The molecule has 0 unspecified atom stereocenters. The van der Waals surface area contributed by atoms with Crippen molar-refractivity contribution in [1.82, 2.24) is 14.8 Å². The molecule has 1 heterocycles. The molecule has 2 aromatic carbocycles. The van der Waals surface area contributed by atoms with E-state index in [1.54, 1.807) is 0 Å². The Hall–Kier alpha value is -2.17. The molecule has 0 spiro atoms. The summed E-state index contributed by atoms with van der Waals surface area (Å²) in [5.74, 6) is 1.45. The van der Waals surface area contributed by atoms with Gasteiger partial charge in [-0.25, -0.2) is 0 Å². The normalized spacial score (nSPS) is 10.7. The third kappa shape index (κ3) is 2.31. The van der Waals surface area contributed by atoms with Gasteiger partial charge in [0.1, 0.15) is 0 Å². The summed E-state index contributed by atoms with van der Waals surface area (Å²) in [4.78, 5) is 0. The van der Waals surface area contributed by atoms with Crippen LogP contribution in [0.2, 0.25) is 5.02 Å². The van der Waals surface area contributed by atoms with E-state index in [4.69, 9.17) is 17.3 Å². The van der Waals surface area contributed by atoms with Crippen LogP contribution in [0.4, 0.5) is 0 Å². The van der Waals surface area contributed by atoms with Gasteiger partial charge in [-0.2, -0.15) is 0 Å². The van der Waals surface area contributed by atoms with Gasteiger partial charge in [-0.3, -0.25) is 4.57 Å². The Kier molecular flexibility index (Phi) is 3.50. The molecule has 100 valence electrons. The summed E-state index contributed by atoms with van der Waals surface area (Å²) in [6.07, 6.45) is 0. The molecular weight excluding hydrogens is 272 g/mol. The first-order valence-electron chi connectivity index (χ1n) is 6.25. The fourth-order valence-electron chi connectivity index (χ4n) is 2.11. The Balaban J connectivity index is 2.20. The predicted octanol–water partition coefficient (Wildman–Crippen LogP) is 3.05. The topological polar surface area (TPSA) is 56.7 Å². The lowest BCUT2D eigenvalue weighted by atomic mass is 10.2. The van der Waals surface area contributed by atoms with Crippen LogP contribution in [-0.2, 0) is 6.54 Å². The summed E-state index contributed by atoms with van der Waals surface area (Å²) in [5, 5.41) is 9.08. The molecule has 0 aliphatic rings. The number of nitrogens with two attached hydrogens (primary N) is 1. The van der Waals surface area contributed by atoms with Crippen molar-refractivity contribution in [2.45, 2.75) is 6.54 Å². The van der Waals surface area contributed by atoms with Crippen LogP contribution >= 0.6 is 11.6 Å². The van der Waals surface area contributed by atoms with Crippen molar-refractivity contribution in [2.75, 3.05) is 0 Å². The molecule has 0 aliphatic heterocycles. The molecule has 20 heavy (non-hydrogen) atoms. The Bertz CT molecular complexity index is 722. The maximum Gasteiger partial charge on any atom is 0.168 e. The summed E-state index contributed by atoms with van der Waals surface area (Å²) < 4.78 is 1.95. The number of benzene rings is 2. The number of rotatable bonds is 3. The average molecular weight is 285 g/mol. The monoisotopic (exact) mass is 284 g/mol. The van der Waals surface area contributed by atoms with Gasteiger partial charge in [0.2, 0.25) is 0 Å². The second-order valence-corrected chi connectivity index (χ2v) is 4.76. The lowest BCUT2D eigenvalue weighted by Crippen LogP contribution is -2.07. The van der Waals surface area contributed by atoms with Gasteiger partial charge < -0.3 is 5.73 Å². The molecule has 5 heteroatoms. The summed E-state index contributed by atoms with van der Waals surface area (Å²) in [6.45, 7) is 0.322. The zero-order chi connectivity index (χ0) is 13.9. The van der Waals surface area contributed by atoms with E-state index in [2.05, 4.69) is 10.2 Å². The van der Waals surface area contributed by atoms with E-state index >= 15 is 0 Å². The first kappa shape index (κ1) is 12.8. The van der Waals surface area contributed by atoms with Crippen molar-refractivity contribution >= 4 is 11.6 Å². The number of nitrogens with zero attached hydrogens (tertiary/aromatic N) is 3. The van der Waals surface area contributed by atoms with Crippen molar-refractivity contribution in [2.24, 2.45) is 5.73 Å². The van der Waals surface area contributed by atoms with Crippen LogP contribution in [-0.4, -0.2) is 14.8 Å². The minimum atomic E-state index is 0.322. The van der Waals surface area contributed by atoms with Crippen LogP contribution in [0.3, 0.4) is 0 Å². The Morgan fingerprint density at radius 1 is 1.00 bits per heavy atom. The highest BCUT2D eigenvalue weighted by Crippen LogP contribution is 2.24. The van der Waals surface area contributed by atoms with Crippen LogP contribution in [0.15, 0.2) is 54.6 Å². The quantitative estimate of drug-likeness (QED) is 0.804. The van der Waals surface area contributed by atoms with Crippen LogP contribution < -0.4 is 5.73 Å². The number of aromatic nitrogens is 3. The lowest BCUT2D eigenvalue weighted by molar-refractivity contribution is 0.861. The third-order valence-electron chi connectivity index (χ3n) is 3.01. The molecule has 3 rings (SSSR count). The molecule has 0 saturated heterocycles. The number of hydrogen-bond acceptors (Lipinski definition) is 3. The first-order chi connectivity index (χ1) is 9.79. The average Bonchev–Trinajstić information content (AvgIpc) is 2.92. The van der Waals surface area contributed by atoms with Gasteiger partial charge >= 0.3 is 0 Å². The minimum Gasteiger partial charge on any atom is -0.324 e. The molecular formula is C15H13ClN4. The Morgan fingerprint density at radius 3 is 2.50 bits per heavy atom. The van der Waals surface area contributed by atoms with Crippen molar-refractivity contribution in [1.29, 1.82) is 0 Å². The molecule has 2 N–H and O–H groups in total. The molecule has 3 aromatic rings. The molecule has 4 nitrogen and oxygen atoms in total. The fourth-order valence-corrected chi connectivity index (χ4v) is 2.30. The van der Waals surface area contributed by atoms with E-state index in [0.717, 1.165) is 17.1 Å². The van der Waals surface area contributed by atoms with Gasteiger partial charge in [0.15, 0.2) is 11.6 Å². The van der Waals surface area contributed by atoms with Crippen LogP contribution in [0.25, 0.3) is 17.1 Å². The molecule has 0 saturated carbocycles. The van der Waals surface area contributed by atoms with Crippen molar-refractivity contribution < 1.29 is 0 Å². The van der Waals surface area contributed by atoms with Gasteiger partial charge in [-0.15, -0.1) is 10.2 Å². The van der Waals surface area contributed by atoms with Crippen LogP contribution in [0.5, 0.6) is 0 Å². The van der Waals surface area contributed by atoms with E-state index in [1.165, 1.54) is 0 Å². The van der Waals surface area contributed by atoms with Gasteiger partial charge in [-0.05, 0) is 24.3 Å². The maximum atomic E-state index is 6.05. The highest BCUT2D eigenvalue weighted by atomic mass is 35.5. The Morgan fingerprint density at radius 2 is 1.80 bits per heavy atom. The highest BCUT2D eigenvalue weighted by Gasteiger charge is 2.14. The fraction of sp³-hybridized carbons (Fsp3) is 0.0667. The zero-order valence-electron chi connectivity index (χ0n) is 10.7. The molecule has 0 bridgehead atoms. The second-order valence-electron chi connectivity index (χ2n) is 4.33. The van der Waals surface area contributed by atoms with Gasteiger partial charge in [0.05, 0.1) is 6.54 Å². The summed E-state index contributed by atoms with van der Waals surface area (Å²) >= 11 is 6.05. The highest BCUT2D eigenvalue weighted by molar-refractivity contribution is 6.30. The molecule has 0 amide bonds. The zero-order valence-corrected chi connectivity index (χ0v) is 11.5. The van der Waals surface area contributed by atoms with Gasteiger partial charge in [0.25, 0.3) is 0 Å². The van der Waals surface area contributed by atoms with E-state index in [-0.39, 0.29) is 0 Å². The molecule has 0 radical (unpaired) electrons. The smallest absolute Gasteiger partial charge is 0.168 e. The number of hydrogen-bond donors (Lipinski definition) is 1. The van der Waals surface area contributed by atoms with Gasteiger partial charge in [0, 0.05) is 16.3 Å². The molecule has 0 aliphatic carbocycles.